The molecule has 1 aromatic carbocycles. The van der Waals surface area contributed by atoms with Gasteiger partial charge in [0.1, 0.15) is 23.5 Å². The number of carbonyl (C=O) groups excluding carboxylic acids is 2. The molecule has 3 heterocycles. The van der Waals surface area contributed by atoms with E-state index < -0.39 is 30.4 Å². The smallest absolute Gasteiger partial charge is 0.252 e. The Bertz CT molecular complexity index is 1520. The molecule has 3 aromatic rings. The number of benzene rings is 1. The number of aliphatic hydroxyl groups is 2. The molecule has 6 rings (SSSR count). The van der Waals surface area contributed by atoms with E-state index >= 15 is 0 Å². The third kappa shape index (κ3) is 5.67. The van der Waals surface area contributed by atoms with Crippen molar-refractivity contribution in [3.63, 3.8) is 0 Å². The van der Waals surface area contributed by atoms with E-state index in [1.165, 1.54) is 10.9 Å². The predicted molar refractivity (Wildman–Crippen MR) is 145 cm³/mol. The van der Waals surface area contributed by atoms with Gasteiger partial charge in [0.05, 0.1) is 20.0 Å². The molecular formula is C28H31N7O6. The van der Waals surface area contributed by atoms with Gasteiger partial charge < -0.3 is 35.6 Å². The second-order valence-corrected chi connectivity index (χ2v) is 10.6. The van der Waals surface area contributed by atoms with Crippen LogP contribution in [0.1, 0.15) is 43.3 Å². The summed E-state index contributed by atoms with van der Waals surface area (Å²) in [6.07, 6.45) is -0.357. The number of ether oxygens (including phenoxy) is 2. The Labute approximate surface area is 235 Å². The third-order valence-corrected chi connectivity index (χ3v) is 7.38. The molecular weight excluding hydrogens is 530 g/mol. The van der Waals surface area contributed by atoms with E-state index in [9.17, 15) is 19.8 Å². The summed E-state index contributed by atoms with van der Waals surface area (Å²) in [5.74, 6) is 6.37. The van der Waals surface area contributed by atoms with Crippen molar-refractivity contribution < 1.29 is 29.3 Å². The van der Waals surface area contributed by atoms with E-state index in [2.05, 4.69) is 32.1 Å². The molecule has 0 bridgehead atoms. The summed E-state index contributed by atoms with van der Waals surface area (Å²) in [4.78, 5) is 40.1. The minimum absolute atomic E-state index is 0.0241. The standard InChI is InChI=1S/C28H31N7O6/c1-40-18-10-4-15(5-11-18)13-34(27(39)16-6-7-16)12-2-3-19-32-24(29)20-25(33-19)35(14-30-20)28-22(37)21(36)23(41-28)26(38)31-17-8-9-17/h4-5,10-11,14,16-17,21-23,28,36-37H,6-9,12-13H2,1H3,(H,31,38)(H2,29,32,33)/t21-,22+,23-,28+/m0/s1. The van der Waals surface area contributed by atoms with Crippen LogP contribution in [-0.4, -0.2) is 84.5 Å². The number of methoxy groups -OCH3 is 1. The molecule has 0 radical (unpaired) electrons. The Balaban J connectivity index is 1.21. The van der Waals surface area contributed by atoms with Gasteiger partial charge in [-0.2, -0.15) is 0 Å². The van der Waals surface area contributed by atoms with Crippen LogP contribution in [0, 0.1) is 17.8 Å². The summed E-state index contributed by atoms with van der Waals surface area (Å²) in [7, 11) is 1.60. The van der Waals surface area contributed by atoms with Gasteiger partial charge >= 0.3 is 0 Å². The summed E-state index contributed by atoms with van der Waals surface area (Å²) < 4.78 is 12.4. The first-order valence-electron chi connectivity index (χ1n) is 13.5. The van der Waals surface area contributed by atoms with Crippen LogP contribution < -0.4 is 15.8 Å². The molecule has 3 aliphatic rings. The summed E-state index contributed by atoms with van der Waals surface area (Å²) in [5.41, 5.74) is 7.58. The first kappa shape index (κ1) is 26.9. The highest BCUT2D eigenvalue weighted by molar-refractivity contribution is 5.84. The molecule has 4 atom stereocenters. The molecule has 1 saturated heterocycles. The number of nitrogens with two attached hydrogens (primary N) is 1. The normalized spacial score (nSPS) is 23.6. The van der Waals surface area contributed by atoms with E-state index in [0.717, 1.165) is 37.0 Å². The van der Waals surface area contributed by atoms with E-state index in [1.54, 1.807) is 12.0 Å². The van der Waals surface area contributed by atoms with Gasteiger partial charge in [0, 0.05) is 18.5 Å². The van der Waals surface area contributed by atoms with Crippen molar-refractivity contribution in [3.8, 4) is 17.6 Å². The van der Waals surface area contributed by atoms with Crippen LogP contribution in [0.3, 0.4) is 0 Å². The Morgan fingerprint density at radius 3 is 2.61 bits per heavy atom. The molecule has 214 valence electrons. The summed E-state index contributed by atoms with van der Waals surface area (Å²) >= 11 is 0. The second kappa shape index (κ2) is 11.0. The number of imidazole rings is 1. The molecule has 2 aliphatic carbocycles. The minimum atomic E-state index is -1.43. The summed E-state index contributed by atoms with van der Waals surface area (Å²) in [6, 6.07) is 7.59. The molecule has 2 saturated carbocycles. The van der Waals surface area contributed by atoms with Crippen LogP contribution in [0.25, 0.3) is 11.2 Å². The van der Waals surface area contributed by atoms with Crippen LogP contribution in [0.5, 0.6) is 5.75 Å². The number of hydrogen-bond donors (Lipinski definition) is 4. The van der Waals surface area contributed by atoms with Gasteiger partial charge in [0.25, 0.3) is 5.91 Å². The fraction of sp³-hybridized carbons (Fsp3) is 0.464. The molecule has 5 N–H and O–H groups in total. The van der Waals surface area contributed by atoms with Crippen molar-refractivity contribution in [2.24, 2.45) is 5.92 Å². The molecule has 41 heavy (non-hydrogen) atoms. The van der Waals surface area contributed by atoms with Crippen molar-refractivity contribution >= 4 is 28.8 Å². The number of anilines is 1. The molecule has 0 spiro atoms. The number of aliphatic hydroxyl groups excluding tert-OH is 2. The average Bonchev–Trinajstić information content (AvgIpc) is 3.90. The number of nitrogens with one attached hydrogen (secondary N) is 1. The van der Waals surface area contributed by atoms with Crippen molar-refractivity contribution in [3.05, 3.63) is 42.0 Å². The van der Waals surface area contributed by atoms with Crippen LogP contribution in [-0.2, 0) is 20.9 Å². The van der Waals surface area contributed by atoms with Crippen LogP contribution >= 0.6 is 0 Å². The summed E-state index contributed by atoms with van der Waals surface area (Å²) in [6.45, 7) is 0.563. The number of amides is 2. The first-order valence-corrected chi connectivity index (χ1v) is 13.5. The molecule has 1 aliphatic heterocycles. The van der Waals surface area contributed by atoms with Crippen LogP contribution in [0.4, 0.5) is 5.82 Å². The Morgan fingerprint density at radius 1 is 1.17 bits per heavy atom. The fourth-order valence-corrected chi connectivity index (χ4v) is 4.76. The molecule has 2 amide bonds. The second-order valence-electron chi connectivity index (χ2n) is 10.6. The third-order valence-electron chi connectivity index (χ3n) is 7.38. The van der Waals surface area contributed by atoms with Gasteiger partial charge in [-0.3, -0.25) is 14.2 Å². The van der Waals surface area contributed by atoms with E-state index in [1.807, 2.05) is 24.3 Å². The van der Waals surface area contributed by atoms with E-state index in [-0.39, 0.29) is 47.2 Å². The number of aromatic nitrogens is 4. The van der Waals surface area contributed by atoms with Gasteiger partial charge in [-0.05, 0) is 49.3 Å². The topological polar surface area (TPSA) is 178 Å². The van der Waals surface area contributed by atoms with Crippen molar-refractivity contribution in [1.29, 1.82) is 0 Å². The average molecular weight is 562 g/mol. The largest absolute Gasteiger partial charge is 0.497 e. The Kier molecular flexibility index (Phi) is 7.21. The lowest BCUT2D eigenvalue weighted by atomic mass is 10.1. The number of nitrogens with zero attached hydrogens (tertiary/aromatic N) is 5. The van der Waals surface area contributed by atoms with Crippen molar-refractivity contribution in [1.82, 2.24) is 29.7 Å². The van der Waals surface area contributed by atoms with Crippen LogP contribution in [0.2, 0.25) is 0 Å². The molecule has 2 aromatic heterocycles. The molecule has 13 nitrogen and oxygen atoms in total. The lowest BCUT2D eigenvalue weighted by Gasteiger charge is -2.20. The lowest BCUT2D eigenvalue weighted by molar-refractivity contribution is -0.137. The van der Waals surface area contributed by atoms with E-state index in [4.69, 9.17) is 15.2 Å². The van der Waals surface area contributed by atoms with E-state index in [0.29, 0.717) is 6.54 Å². The zero-order valence-corrected chi connectivity index (χ0v) is 22.4. The highest BCUT2D eigenvalue weighted by Crippen LogP contribution is 2.33. The number of nitrogen functional groups attached to an aromatic ring is 1. The van der Waals surface area contributed by atoms with Gasteiger partial charge in [-0.15, -0.1) is 0 Å². The molecule has 0 unspecified atom stereocenters. The lowest BCUT2D eigenvalue weighted by Crippen LogP contribution is -2.43. The predicted octanol–water partition coefficient (Wildman–Crippen LogP) is 0.105. The summed E-state index contributed by atoms with van der Waals surface area (Å²) in [5, 5.41) is 24.0. The molecule has 3 fully saturated rings. The Hall–Kier alpha value is -4.25. The monoisotopic (exact) mass is 561 g/mol. The van der Waals surface area contributed by atoms with Gasteiger partial charge in [0.15, 0.2) is 23.8 Å². The first-order chi connectivity index (χ1) is 19.8. The molecule has 13 heteroatoms. The number of hydrogen-bond acceptors (Lipinski definition) is 10. The van der Waals surface area contributed by atoms with Gasteiger partial charge in [-0.1, -0.05) is 18.1 Å². The SMILES string of the molecule is COc1ccc(CN(CC#Cc2nc(N)c3ncn([C@@H]4O[C@H](C(=O)NC5CC5)[C@@H](O)[C@H]4O)c3n2)C(=O)C2CC2)cc1. The maximum Gasteiger partial charge on any atom is 0.252 e. The zero-order valence-electron chi connectivity index (χ0n) is 22.4. The van der Waals surface area contributed by atoms with Gasteiger partial charge in [0.2, 0.25) is 11.7 Å². The Morgan fingerprint density at radius 2 is 1.93 bits per heavy atom. The highest BCUT2D eigenvalue weighted by Gasteiger charge is 2.48. The maximum atomic E-state index is 12.9. The fourth-order valence-electron chi connectivity index (χ4n) is 4.76. The highest BCUT2D eigenvalue weighted by atomic mass is 16.6. The van der Waals surface area contributed by atoms with Crippen LogP contribution in [0.15, 0.2) is 30.6 Å². The number of rotatable bonds is 8. The zero-order chi connectivity index (χ0) is 28.7. The quantitative estimate of drug-likeness (QED) is 0.276. The van der Waals surface area contributed by atoms with Crippen molar-refractivity contribution in [2.75, 3.05) is 19.4 Å². The number of carbonyl (C=O) groups is 2. The number of fused-ring (bicyclic) bond motifs is 1. The minimum Gasteiger partial charge on any atom is -0.497 e. The van der Waals surface area contributed by atoms with Crippen molar-refractivity contribution in [2.45, 2.75) is 62.8 Å². The van der Waals surface area contributed by atoms with Gasteiger partial charge in [-0.25, -0.2) is 15.0 Å². The maximum absolute atomic E-state index is 12.9.